The number of halogens is 2. The molecule has 10 heteroatoms. The molecule has 1 fully saturated rings. The van der Waals surface area contributed by atoms with Gasteiger partial charge in [-0.1, -0.05) is 23.2 Å². The highest BCUT2D eigenvalue weighted by Gasteiger charge is 2.24. The van der Waals surface area contributed by atoms with E-state index in [9.17, 15) is 9.59 Å². The number of nitrogens with zero attached hydrogens (tertiary/aromatic N) is 3. The Morgan fingerprint density at radius 2 is 1.96 bits per heavy atom. The van der Waals surface area contributed by atoms with Gasteiger partial charge in [0.1, 0.15) is 11.6 Å². The third-order valence-corrected chi connectivity index (χ3v) is 5.16. The molecule has 0 saturated carbocycles. The van der Waals surface area contributed by atoms with Gasteiger partial charge in [-0.15, -0.1) is 0 Å². The molecule has 1 aromatic carbocycles. The summed E-state index contributed by atoms with van der Waals surface area (Å²) < 4.78 is 5.37. The topological polar surface area (TPSA) is 86.8 Å². The Morgan fingerprint density at radius 1 is 1.18 bits per heavy atom. The molecule has 0 atom stereocenters. The normalized spacial score (nSPS) is 16.1. The van der Waals surface area contributed by atoms with E-state index in [2.05, 4.69) is 20.5 Å². The van der Waals surface area contributed by atoms with Gasteiger partial charge in [0.2, 0.25) is 0 Å². The maximum Gasteiger partial charge on any atom is 0.322 e. The third kappa shape index (κ3) is 3.79. The lowest BCUT2D eigenvalue weighted by Crippen LogP contribution is -2.50. The molecule has 1 saturated heterocycles. The minimum atomic E-state index is -0.256. The van der Waals surface area contributed by atoms with Crippen LogP contribution in [0.15, 0.2) is 30.5 Å². The van der Waals surface area contributed by atoms with Crippen molar-refractivity contribution in [2.45, 2.75) is 0 Å². The summed E-state index contributed by atoms with van der Waals surface area (Å²) in [6.45, 7) is 2.22. The van der Waals surface area contributed by atoms with Gasteiger partial charge >= 0.3 is 6.03 Å². The van der Waals surface area contributed by atoms with Crippen LogP contribution in [0.25, 0.3) is 0 Å². The molecule has 2 aliphatic heterocycles. The maximum absolute atomic E-state index is 12.6. The number of anilines is 3. The highest BCUT2D eigenvalue weighted by Crippen LogP contribution is 2.36. The van der Waals surface area contributed by atoms with Gasteiger partial charge in [0.05, 0.1) is 21.4 Å². The second kappa shape index (κ2) is 7.73. The van der Waals surface area contributed by atoms with Crippen LogP contribution in [0, 0.1) is 0 Å². The van der Waals surface area contributed by atoms with Crippen LogP contribution in [-0.4, -0.2) is 54.6 Å². The van der Waals surface area contributed by atoms with Crippen molar-refractivity contribution in [3.05, 3.63) is 40.5 Å². The minimum absolute atomic E-state index is 0.0694. The molecule has 2 aromatic rings. The van der Waals surface area contributed by atoms with Gasteiger partial charge in [-0.25, -0.2) is 9.78 Å². The van der Waals surface area contributed by atoms with E-state index in [1.54, 1.807) is 35.4 Å². The zero-order valence-corrected chi connectivity index (χ0v) is 16.3. The summed E-state index contributed by atoms with van der Waals surface area (Å²) in [5, 5.41) is 6.39. The van der Waals surface area contributed by atoms with Gasteiger partial charge in [-0.2, -0.15) is 0 Å². The fourth-order valence-corrected chi connectivity index (χ4v) is 3.57. The second-order valence-corrected chi connectivity index (χ2v) is 7.19. The van der Waals surface area contributed by atoms with Crippen LogP contribution in [-0.2, 0) is 4.79 Å². The summed E-state index contributed by atoms with van der Waals surface area (Å²) in [7, 11) is 0. The van der Waals surface area contributed by atoms with Crippen molar-refractivity contribution in [3.63, 3.8) is 0 Å². The van der Waals surface area contributed by atoms with Crippen molar-refractivity contribution < 1.29 is 14.3 Å². The molecule has 28 heavy (non-hydrogen) atoms. The number of amides is 3. The number of benzene rings is 1. The second-order valence-electron chi connectivity index (χ2n) is 6.38. The zero-order valence-electron chi connectivity index (χ0n) is 14.7. The summed E-state index contributed by atoms with van der Waals surface area (Å²) in [4.78, 5) is 32.1. The quantitative estimate of drug-likeness (QED) is 0.777. The molecule has 146 valence electrons. The maximum atomic E-state index is 12.6. The van der Waals surface area contributed by atoms with Crippen LogP contribution in [0.2, 0.25) is 10.0 Å². The van der Waals surface area contributed by atoms with Gasteiger partial charge in [-0.3, -0.25) is 4.79 Å². The summed E-state index contributed by atoms with van der Waals surface area (Å²) in [6.07, 6.45) is 1.70. The molecule has 2 aliphatic rings. The van der Waals surface area contributed by atoms with E-state index in [-0.39, 0.29) is 18.5 Å². The van der Waals surface area contributed by atoms with Gasteiger partial charge in [0.25, 0.3) is 5.91 Å². The van der Waals surface area contributed by atoms with Crippen molar-refractivity contribution in [1.82, 2.24) is 9.88 Å². The number of rotatable bonds is 2. The minimum Gasteiger partial charge on any atom is -0.482 e. The lowest BCUT2D eigenvalue weighted by Gasteiger charge is -2.35. The predicted molar refractivity (Wildman–Crippen MR) is 108 cm³/mol. The van der Waals surface area contributed by atoms with E-state index < -0.39 is 0 Å². The Bertz CT molecular complexity index is 931. The van der Waals surface area contributed by atoms with Gasteiger partial charge in [-0.05, 0) is 18.2 Å². The Hall–Kier alpha value is -2.71. The first-order chi connectivity index (χ1) is 13.5. The first kappa shape index (κ1) is 18.6. The zero-order chi connectivity index (χ0) is 19.7. The van der Waals surface area contributed by atoms with Crippen LogP contribution < -0.4 is 20.3 Å². The van der Waals surface area contributed by atoms with Crippen molar-refractivity contribution in [2.75, 3.05) is 48.3 Å². The molecule has 0 spiro atoms. The molecule has 0 bridgehead atoms. The smallest absolute Gasteiger partial charge is 0.322 e. The number of fused-ring (bicyclic) bond motifs is 1. The number of carbonyl (C=O) groups excluding carboxylic acids is 2. The first-order valence-corrected chi connectivity index (χ1v) is 9.44. The number of hydrogen-bond donors (Lipinski definition) is 2. The fourth-order valence-electron chi connectivity index (χ4n) is 3.12. The van der Waals surface area contributed by atoms with Gasteiger partial charge < -0.3 is 25.2 Å². The van der Waals surface area contributed by atoms with Crippen LogP contribution in [0.1, 0.15) is 0 Å². The van der Waals surface area contributed by atoms with Crippen LogP contribution >= 0.6 is 23.2 Å². The highest BCUT2D eigenvalue weighted by molar-refractivity contribution is 6.34. The number of pyridine rings is 1. The van der Waals surface area contributed by atoms with E-state index in [0.717, 1.165) is 5.82 Å². The number of piperazine rings is 1. The number of ether oxygens (including phenoxy) is 1. The largest absolute Gasteiger partial charge is 0.482 e. The average molecular weight is 422 g/mol. The molecule has 2 N–H and O–H groups in total. The number of carbonyl (C=O) groups is 2. The molecule has 0 radical (unpaired) electrons. The molecule has 3 heterocycles. The molecule has 8 nitrogen and oxygen atoms in total. The number of aromatic nitrogens is 1. The van der Waals surface area contributed by atoms with E-state index in [0.29, 0.717) is 53.3 Å². The summed E-state index contributed by atoms with van der Waals surface area (Å²) in [5.41, 5.74) is 0.914. The Kier molecular flexibility index (Phi) is 5.15. The Balaban J connectivity index is 1.40. The molecule has 0 aliphatic carbocycles. The van der Waals surface area contributed by atoms with E-state index in [4.69, 9.17) is 27.9 Å². The van der Waals surface area contributed by atoms with E-state index in [1.165, 1.54) is 0 Å². The number of nitrogens with one attached hydrogen (secondary N) is 2. The summed E-state index contributed by atoms with van der Waals surface area (Å²) in [6, 6.07) is 6.50. The lowest BCUT2D eigenvalue weighted by molar-refractivity contribution is -0.118. The van der Waals surface area contributed by atoms with Crippen LogP contribution in [0.5, 0.6) is 5.75 Å². The molecule has 0 unspecified atom stereocenters. The van der Waals surface area contributed by atoms with Crippen molar-refractivity contribution in [1.29, 1.82) is 0 Å². The fraction of sp³-hybridized carbons (Fsp3) is 0.278. The lowest BCUT2D eigenvalue weighted by atomic mass is 10.2. The average Bonchev–Trinajstić information content (AvgIpc) is 2.69. The van der Waals surface area contributed by atoms with Crippen molar-refractivity contribution in [3.8, 4) is 5.75 Å². The van der Waals surface area contributed by atoms with E-state index in [1.807, 2.05) is 0 Å². The Morgan fingerprint density at radius 3 is 2.71 bits per heavy atom. The van der Waals surface area contributed by atoms with Crippen molar-refractivity contribution >= 4 is 52.3 Å². The first-order valence-electron chi connectivity index (χ1n) is 8.69. The van der Waals surface area contributed by atoms with E-state index >= 15 is 0 Å². The summed E-state index contributed by atoms with van der Waals surface area (Å²) >= 11 is 12.4. The van der Waals surface area contributed by atoms with Crippen molar-refractivity contribution in [2.24, 2.45) is 0 Å². The number of urea groups is 1. The molecule has 1 aromatic heterocycles. The molecule has 4 rings (SSSR count). The molecule has 3 amide bonds. The monoisotopic (exact) mass is 421 g/mol. The SMILES string of the molecule is O=C1COc2cc(NC(=O)N3CCN(c4ncccc4Cl)CC3)c(Cl)cc2N1. The standard InChI is InChI=1S/C18H17Cl2N5O3/c19-11-2-1-3-21-17(11)24-4-6-25(7-5-24)18(27)23-13-9-15-14(8-12(13)20)22-16(26)10-28-15/h1-3,8-9H,4-7,10H2,(H,22,26)(H,23,27). The van der Waals surface area contributed by atoms with Gasteiger partial charge in [0.15, 0.2) is 6.61 Å². The highest BCUT2D eigenvalue weighted by atomic mass is 35.5. The molecular formula is C18H17Cl2N5O3. The van der Waals surface area contributed by atoms with Gasteiger partial charge in [0, 0.05) is 38.4 Å². The Labute approximate surface area is 171 Å². The van der Waals surface area contributed by atoms with Crippen LogP contribution in [0.3, 0.4) is 0 Å². The van der Waals surface area contributed by atoms with Crippen LogP contribution in [0.4, 0.5) is 22.0 Å². The predicted octanol–water partition coefficient (Wildman–Crippen LogP) is 3.07. The summed E-state index contributed by atoms with van der Waals surface area (Å²) in [5.74, 6) is 0.946. The number of hydrogen-bond acceptors (Lipinski definition) is 5. The third-order valence-electron chi connectivity index (χ3n) is 4.55. The molecular weight excluding hydrogens is 405 g/mol.